The van der Waals surface area contributed by atoms with Gasteiger partial charge in [-0.2, -0.15) is 11.8 Å². The average molecular weight is 493 g/mol. The van der Waals surface area contributed by atoms with Gasteiger partial charge in [0.15, 0.2) is 11.5 Å². The first-order valence-corrected chi connectivity index (χ1v) is 13.9. The van der Waals surface area contributed by atoms with Crippen LogP contribution in [0.2, 0.25) is 0 Å². The highest BCUT2D eigenvalue weighted by Crippen LogP contribution is 2.32. The van der Waals surface area contributed by atoms with Gasteiger partial charge in [0.25, 0.3) is 0 Å². The van der Waals surface area contributed by atoms with Crippen LogP contribution in [0.4, 0.5) is 0 Å². The number of aryl methyl sites for hydroxylation is 1. The van der Waals surface area contributed by atoms with Crippen LogP contribution in [0.1, 0.15) is 36.8 Å². The Kier molecular flexibility index (Phi) is 9.90. The molecule has 0 spiro atoms. The van der Waals surface area contributed by atoms with E-state index in [1.165, 1.54) is 23.3 Å². The molecule has 0 saturated carbocycles. The van der Waals surface area contributed by atoms with Crippen LogP contribution in [-0.2, 0) is 20.6 Å². The first-order chi connectivity index (χ1) is 15.9. The Morgan fingerprint density at radius 1 is 0.970 bits per heavy atom. The maximum absolute atomic E-state index is 12.5. The summed E-state index contributed by atoms with van der Waals surface area (Å²) in [7, 11) is -3.60. The number of ether oxygens (including phenoxy) is 2. The molecule has 7 nitrogen and oxygen atoms in total. The predicted molar refractivity (Wildman–Crippen MR) is 131 cm³/mol. The Hall–Kier alpha value is -2.23. The molecule has 0 fully saturated rings. The Balaban J connectivity index is 1.23. The summed E-state index contributed by atoms with van der Waals surface area (Å²) in [5.74, 6) is 2.87. The summed E-state index contributed by atoms with van der Waals surface area (Å²) in [6, 6.07) is 13.1. The van der Waals surface area contributed by atoms with Gasteiger partial charge in [0, 0.05) is 37.1 Å². The topological polar surface area (TPSA) is 93.7 Å². The highest BCUT2D eigenvalue weighted by Gasteiger charge is 2.18. The minimum atomic E-state index is -3.60. The minimum Gasteiger partial charge on any atom is -0.486 e. The van der Waals surface area contributed by atoms with Crippen molar-refractivity contribution in [3.63, 3.8) is 0 Å². The van der Waals surface area contributed by atoms with E-state index in [0.717, 1.165) is 24.3 Å². The quantitative estimate of drug-likeness (QED) is 0.415. The third kappa shape index (κ3) is 8.57. The Morgan fingerprint density at radius 3 is 2.52 bits per heavy atom. The lowest BCUT2D eigenvalue weighted by molar-refractivity contribution is -0.121. The van der Waals surface area contributed by atoms with Crippen molar-refractivity contribution >= 4 is 27.7 Å². The molecular weight excluding hydrogens is 460 g/mol. The number of sulfonamides is 1. The van der Waals surface area contributed by atoms with Gasteiger partial charge in [-0.05, 0) is 37.5 Å². The number of rotatable bonds is 13. The van der Waals surface area contributed by atoms with E-state index in [9.17, 15) is 13.2 Å². The van der Waals surface area contributed by atoms with Gasteiger partial charge in [-0.3, -0.25) is 4.79 Å². The van der Waals surface area contributed by atoms with Crippen LogP contribution in [0.15, 0.2) is 47.4 Å². The number of thioether (sulfide) groups is 1. The Labute approximate surface area is 200 Å². The second-order valence-electron chi connectivity index (χ2n) is 7.90. The van der Waals surface area contributed by atoms with Crippen molar-refractivity contribution in [2.24, 2.45) is 0 Å². The second kappa shape index (κ2) is 12.9. The maximum atomic E-state index is 12.5. The molecule has 180 valence electrons. The monoisotopic (exact) mass is 492 g/mol. The molecule has 1 aliphatic heterocycles. The van der Waals surface area contributed by atoms with Gasteiger partial charge in [0.05, 0.1) is 4.90 Å². The summed E-state index contributed by atoms with van der Waals surface area (Å²) in [6.45, 7) is 3.93. The van der Waals surface area contributed by atoms with E-state index in [1.807, 2.05) is 0 Å². The van der Waals surface area contributed by atoms with Crippen molar-refractivity contribution in [3.05, 3.63) is 53.6 Å². The molecule has 2 aromatic carbocycles. The third-order valence-corrected chi connectivity index (χ3v) is 7.64. The van der Waals surface area contributed by atoms with Crippen molar-refractivity contribution in [2.75, 3.05) is 32.1 Å². The summed E-state index contributed by atoms with van der Waals surface area (Å²) in [5, 5.41) is 2.95. The Morgan fingerprint density at radius 2 is 1.73 bits per heavy atom. The van der Waals surface area contributed by atoms with E-state index in [-0.39, 0.29) is 10.8 Å². The zero-order valence-corrected chi connectivity index (χ0v) is 20.6. The van der Waals surface area contributed by atoms with Gasteiger partial charge in [-0.1, -0.05) is 36.2 Å². The molecule has 9 heteroatoms. The number of fused-ring (bicyclic) bond motifs is 1. The van der Waals surface area contributed by atoms with Crippen molar-refractivity contribution in [1.29, 1.82) is 0 Å². The van der Waals surface area contributed by atoms with Crippen molar-refractivity contribution < 1.29 is 22.7 Å². The molecule has 0 atom stereocenters. The number of benzene rings is 2. The van der Waals surface area contributed by atoms with Crippen LogP contribution >= 0.6 is 11.8 Å². The van der Waals surface area contributed by atoms with Crippen LogP contribution in [-0.4, -0.2) is 46.4 Å². The third-order valence-electron chi connectivity index (χ3n) is 5.15. The first-order valence-electron chi connectivity index (χ1n) is 11.2. The molecule has 2 N–H and O–H groups in total. The SMILES string of the molecule is Cc1ccc(CSCCNC(=O)CCCCCNS(=O)(=O)c2ccc3c(c2)OCCO3)cc1. The van der Waals surface area contributed by atoms with E-state index in [0.29, 0.717) is 50.6 Å². The molecule has 1 heterocycles. The number of carbonyl (C=O) groups is 1. The second-order valence-corrected chi connectivity index (χ2v) is 10.8. The van der Waals surface area contributed by atoms with Gasteiger partial charge in [0.1, 0.15) is 13.2 Å². The van der Waals surface area contributed by atoms with E-state index in [2.05, 4.69) is 41.2 Å². The van der Waals surface area contributed by atoms with Crippen molar-refractivity contribution in [2.45, 2.75) is 43.3 Å². The van der Waals surface area contributed by atoms with Crippen LogP contribution < -0.4 is 19.5 Å². The molecule has 0 saturated heterocycles. The number of hydrogen-bond donors (Lipinski definition) is 2. The van der Waals surface area contributed by atoms with Crippen molar-refractivity contribution in [1.82, 2.24) is 10.0 Å². The number of hydrogen-bond acceptors (Lipinski definition) is 6. The summed E-state index contributed by atoms with van der Waals surface area (Å²) in [6.07, 6.45) is 2.63. The Bertz CT molecular complexity index is 1010. The molecule has 33 heavy (non-hydrogen) atoms. The van der Waals surface area contributed by atoms with Gasteiger partial charge in [-0.25, -0.2) is 13.1 Å². The summed E-state index contributed by atoms with van der Waals surface area (Å²) >= 11 is 1.80. The molecule has 0 aromatic heterocycles. The van der Waals surface area contributed by atoms with Crippen LogP contribution in [0.25, 0.3) is 0 Å². The normalized spacial score (nSPS) is 13.0. The highest BCUT2D eigenvalue weighted by molar-refractivity contribution is 7.98. The fourth-order valence-corrected chi connectivity index (χ4v) is 5.20. The number of nitrogens with one attached hydrogen (secondary N) is 2. The number of amides is 1. The van der Waals surface area contributed by atoms with Crippen molar-refractivity contribution in [3.8, 4) is 11.5 Å². The van der Waals surface area contributed by atoms with Gasteiger partial charge in [0.2, 0.25) is 15.9 Å². The molecule has 0 unspecified atom stereocenters. The minimum absolute atomic E-state index is 0.0443. The largest absolute Gasteiger partial charge is 0.486 e. The lowest BCUT2D eigenvalue weighted by Gasteiger charge is -2.18. The zero-order valence-electron chi connectivity index (χ0n) is 19.0. The average Bonchev–Trinajstić information content (AvgIpc) is 2.82. The molecule has 1 aliphatic rings. The first kappa shape index (κ1) is 25.4. The van der Waals surface area contributed by atoms with E-state index in [1.54, 1.807) is 17.8 Å². The fraction of sp³-hybridized carbons (Fsp3) is 0.458. The smallest absolute Gasteiger partial charge is 0.240 e. The highest BCUT2D eigenvalue weighted by atomic mass is 32.2. The van der Waals surface area contributed by atoms with E-state index in [4.69, 9.17) is 9.47 Å². The molecule has 0 aliphatic carbocycles. The molecule has 0 radical (unpaired) electrons. The van der Waals surface area contributed by atoms with Gasteiger partial charge >= 0.3 is 0 Å². The zero-order chi connectivity index (χ0) is 23.5. The summed E-state index contributed by atoms with van der Waals surface area (Å²) in [5.41, 5.74) is 2.55. The van der Waals surface area contributed by atoms with Crippen LogP contribution in [0.3, 0.4) is 0 Å². The fourth-order valence-electron chi connectivity index (χ4n) is 3.29. The molecule has 2 aromatic rings. The summed E-state index contributed by atoms with van der Waals surface area (Å²) in [4.78, 5) is 12.1. The lowest BCUT2D eigenvalue weighted by Crippen LogP contribution is -2.26. The van der Waals surface area contributed by atoms with Gasteiger partial charge in [-0.15, -0.1) is 0 Å². The standard InChI is InChI=1S/C24H32N2O5S2/c1-19-6-8-20(9-7-19)18-32-16-13-25-24(27)5-3-2-4-12-26-33(28,29)21-10-11-22-23(17-21)31-15-14-30-22/h6-11,17,26H,2-5,12-16,18H2,1H3,(H,25,27). The molecule has 1 amide bonds. The molecule has 3 rings (SSSR count). The van der Waals surface area contributed by atoms with E-state index >= 15 is 0 Å². The molecule has 0 bridgehead atoms. The van der Waals surface area contributed by atoms with Crippen LogP contribution in [0.5, 0.6) is 11.5 Å². The molecular formula is C24H32N2O5S2. The number of carbonyl (C=O) groups excluding carboxylic acids is 1. The van der Waals surface area contributed by atoms with E-state index < -0.39 is 10.0 Å². The van der Waals surface area contributed by atoms with Crippen LogP contribution in [0, 0.1) is 6.92 Å². The van der Waals surface area contributed by atoms with Gasteiger partial charge < -0.3 is 14.8 Å². The lowest BCUT2D eigenvalue weighted by atomic mass is 10.2. The summed E-state index contributed by atoms with van der Waals surface area (Å²) < 4.78 is 38.4. The number of unbranched alkanes of at least 4 members (excludes halogenated alkanes) is 2. The maximum Gasteiger partial charge on any atom is 0.240 e. The predicted octanol–water partition coefficient (Wildman–Crippen LogP) is 3.65.